The molecule has 1 rings (SSSR count). The fourth-order valence-corrected chi connectivity index (χ4v) is 2.20. The number of nitrogens with zero attached hydrogens (tertiary/aromatic N) is 1. The van der Waals surface area contributed by atoms with Crippen molar-refractivity contribution in [2.45, 2.75) is 20.0 Å². The molecule has 0 aliphatic rings. The van der Waals surface area contributed by atoms with Gasteiger partial charge in [0, 0.05) is 25.4 Å². The summed E-state index contributed by atoms with van der Waals surface area (Å²) in [7, 11) is -3.02. The Kier molecular flexibility index (Phi) is 7.80. The Morgan fingerprint density at radius 1 is 1.39 bits per heavy atom. The van der Waals surface area contributed by atoms with E-state index in [1.165, 1.54) is 18.4 Å². The number of aliphatic imine (C=N–C) groups is 1. The molecule has 0 amide bonds. The van der Waals surface area contributed by atoms with Crippen LogP contribution >= 0.6 is 0 Å². The summed E-state index contributed by atoms with van der Waals surface area (Å²) in [6.07, 6.45) is 0.940. The first-order chi connectivity index (χ1) is 10.8. The minimum atomic E-state index is -3.02. The van der Waals surface area contributed by atoms with E-state index in [9.17, 15) is 12.8 Å². The molecule has 1 unspecified atom stereocenters. The highest BCUT2D eigenvalue weighted by Crippen LogP contribution is 2.13. The smallest absolute Gasteiger partial charge is 0.191 e. The second-order valence-electron chi connectivity index (χ2n) is 5.16. The summed E-state index contributed by atoms with van der Waals surface area (Å²) in [5.74, 6) is 0.648. The number of sulfone groups is 1. The summed E-state index contributed by atoms with van der Waals surface area (Å²) >= 11 is 0. The molecule has 0 aliphatic heterocycles. The lowest BCUT2D eigenvalue weighted by Crippen LogP contribution is -2.40. The van der Waals surface area contributed by atoms with Crippen LogP contribution in [0.1, 0.15) is 13.8 Å². The highest BCUT2D eigenvalue weighted by Gasteiger charge is 2.06. The zero-order chi connectivity index (χ0) is 17.3. The number of halogens is 1. The molecule has 0 bridgehead atoms. The molecule has 0 saturated carbocycles. The molecule has 8 heteroatoms. The minimum absolute atomic E-state index is 0.0345. The number of hydrogen-bond acceptors (Lipinski definition) is 4. The SMILES string of the molecule is CCNC(=NCC(C)Oc1cccc(F)c1)NCCS(C)(=O)=O. The molecule has 0 heterocycles. The van der Waals surface area contributed by atoms with Crippen molar-refractivity contribution >= 4 is 15.8 Å². The molecule has 0 fully saturated rings. The Balaban J connectivity index is 2.51. The molecular formula is C15H24FN3O3S. The molecule has 1 atom stereocenters. The van der Waals surface area contributed by atoms with Crippen molar-refractivity contribution in [3.63, 3.8) is 0 Å². The predicted molar refractivity (Wildman–Crippen MR) is 90.2 cm³/mol. The lowest BCUT2D eigenvalue weighted by molar-refractivity contribution is 0.229. The van der Waals surface area contributed by atoms with Crippen LogP contribution in [0, 0.1) is 5.82 Å². The third-order valence-corrected chi connectivity index (χ3v) is 3.70. The fourth-order valence-electron chi connectivity index (χ4n) is 1.73. The number of nitrogens with one attached hydrogen (secondary N) is 2. The molecule has 0 aliphatic carbocycles. The van der Waals surface area contributed by atoms with Gasteiger partial charge in [-0.2, -0.15) is 0 Å². The van der Waals surface area contributed by atoms with E-state index in [4.69, 9.17) is 4.74 Å². The maximum atomic E-state index is 13.1. The Morgan fingerprint density at radius 3 is 2.74 bits per heavy atom. The lowest BCUT2D eigenvalue weighted by atomic mass is 10.3. The normalized spacial score (nSPS) is 13.5. The van der Waals surface area contributed by atoms with Gasteiger partial charge in [0.2, 0.25) is 0 Å². The van der Waals surface area contributed by atoms with Crippen molar-refractivity contribution in [3.8, 4) is 5.75 Å². The average molecular weight is 345 g/mol. The zero-order valence-electron chi connectivity index (χ0n) is 13.7. The average Bonchev–Trinajstić information content (AvgIpc) is 2.43. The van der Waals surface area contributed by atoms with E-state index in [-0.39, 0.29) is 24.2 Å². The predicted octanol–water partition coefficient (Wildman–Crippen LogP) is 1.19. The van der Waals surface area contributed by atoms with E-state index in [2.05, 4.69) is 15.6 Å². The van der Waals surface area contributed by atoms with Crippen LogP contribution < -0.4 is 15.4 Å². The summed E-state index contributed by atoms with van der Waals surface area (Å²) in [6.45, 7) is 5.03. The second kappa shape index (κ2) is 9.34. The van der Waals surface area contributed by atoms with Gasteiger partial charge in [-0.3, -0.25) is 0 Å². The summed E-state index contributed by atoms with van der Waals surface area (Å²) in [4.78, 5) is 4.33. The topological polar surface area (TPSA) is 79.8 Å². The van der Waals surface area contributed by atoms with Crippen LogP contribution in [0.2, 0.25) is 0 Å². The maximum Gasteiger partial charge on any atom is 0.191 e. The van der Waals surface area contributed by atoms with Crippen molar-refractivity contribution in [2.24, 2.45) is 4.99 Å². The van der Waals surface area contributed by atoms with Gasteiger partial charge >= 0.3 is 0 Å². The second-order valence-corrected chi connectivity index (χ2v) is 7.42. The van der Waals surface area contributed by atoms with Crippen molar-refractivity contribution in [3.05, 3.63) is 30.1 Å². The maximum absolute atomic E-state index is 13.1. The van der Waals surface area contributed by atoms with Gasteiger partial charge in [-0.05, 0) is 26.0 Å². The molecule has 2 N–H and O–H groups in total. The van der Waals surface area contributed by atoms with Crippen LogP contribution in [0.4, 0.5) is 4.39 Å². The summed E-state index contributed by atoms with van der Waals surface area (Å²) < 4.78 is 40.9. The molecule has 0 aromatic heterocycles. The van der Waals surface area contributed by atoms with Gasteiger partial charge in [0.05, 0.1) is 12.3 Å². The van der Waals surface area contributed by atoms with Crippen molar-refractivity contribution in [1.29, 1.82) is 0 Å². The first-order valence-electron chi connectivity index (χ1n) is 7.42. The molecule has 0 saturated heterocycles. The summed E-state index contributed by atoms with van der Waals surface area (Å²) in [5, 5.41) is 5.98. The first-order valence-corrected chi connectivity index (χ1v) is 9.48. The molecule has 0 spiro atoms. The number of ether oxygens (including phenoxy) is 1. The molecule has 6 nitrogen and oxygen atoms in total. The van der Waals surface area contributed by atoms with E-state index < -0.39 is 9.84 Å². The van der Waals surface area contributed by atoms with E-state index in [0.717, 1.165) is 0 Å². The van der Waals surface area contributed by atoms with Crippen LogP contribution in [-0.2, 0) is 9.84 Å². The zero-order valence-corrected chi connectivity index (χ0v) is 14.5. The van der Waals surface area contributed by atoms with Crippen LogP contribution in [-0.4, -0.2) is 52.1 Å². The molecule has 1 aromatic rings. The quantitative estimate of drug-likeness (QED) is 0.547. The van der Waals surface area contributed by atoms with E-state index in [1.54, 1.807) is 12.1 Å². The van der Waals surface area contributed by atoms with Gasteiger partial charge in [0.1, 0.15) is 27.5 Å². The molecule has 130 valence electrons. The van der Waals surface area contributed by atoms with Gasteiger partial charge in [-0.25, -0.2) is 17.8 Å². The number of guanidine groups is 1. The van der Waals surface area contributed by atoms with Crippen molar-refractivity contribution in [1.82, 2.24) is 10.6 Å². The van der Waals surface area contributed by atoms with Gasteiger partial charge < -0.3 is 15.4 Å². The molecular weight excluding hydrogens is 321 g/mol. The standard InChI is InChI=1S/C15H24FN3O3S/c1-4-17-15(18-8-9-23(3,20)21)19-11-12(2)22-14-7-5-6-13(16)10-14/h5-7,10,12H,4,8-9,11H2,1-3H3,(H2,17,18,19). The summed E-state index contributed by atoms with van der Waals surface area (Å²) in [5.41, 5.74) is 0. The van der Waals surface area contributed by atoms with Gasteiger partial charge in [0.25, 0.3) is 0 Å². The fraction of sp³-hybridized carbons (Fsp3) is 0.533. The minimum Gasteiger partial charge on any atom is -0.489 e. The third-order valence-electron chi connectivity index (χ3n) is 2.75. The Hall–Kier alpha value is -1.83. The highest BCUT2D eigenvalue weighted by molar-refractivity contribution is 7.90. The monoisotopic (exact) mass is 345 g/mol. The van der Waals surface area contributed by atoms with Gasteiger partial charge in [0.15, 0.2) is 5.96 Å². The van der Waals surface area contributed by atoms with E-state index >= 15 is 0 Å². The molecule has 23 heavy (non-hydrogen) atoms. The molecule has 0 radical (unpaired) electrons. The van der Waals surface area contributed by atoms with Crippen LogP contribution in [0.15, 0.2) is 29.3 Å². The number of rotatable bonds is 8. The van der Waals surface area contributed by atoms with E-state index in [0.29, 0.717) is 24.8 Å². The third kappa shape index (κ3) is 9.02. The Morgan fingerprint density at radius 2 is 2.13 bits per heavy atom. The largest absolute Gasteiger partial charge is 0.489 e. The van der Waals surface area contributed by atoms with Crippen LogP contribution in [0.25, 0.3) is 0 Å². The summed E-state index contributed by atoms with van der Waals surface area (Å²) in [6, 6.07) is 5.93. The molecule has 1 aromatic carbocycles. The van der Waals surface area contributed by atoms with Gasteiger partial charge in [-0.1, -0.05) is 6.07 Å². The van der Waals surface area contributed by atoms with Gasteiger partial charge in [-0.15, -0.1) is 0 Å². The number of benzene rings is 1. The van der Waals surface area contributed by atoms with Crippen LogP contribution in [0.5, 0.6) is 5.75 Å². The number of hydrogen-bond donors (Lipinski definition) is 2. The lowest BCUT2D eigenvalue weighted by Gasteiger charge is -2.15. The highest BCUT2D eigenvalue weighted by atomic mass is 32.2. The Labute approximate surface area is 137 Å². The first kappa shape index (κ1) is 19.2. The Bertz CT molecular complexity index is 620. The van der Waals surface area contributed by atoms with Crippen molar-refractivity contribution in [2.75, 3.05) is 31.6 Å². The van der Waals surface area contributed by atoms with Crippen molar-refractivity contribution < 1.29 is 17.5 Å². The van der Waals surface area contributed by atoms with E-state index in [1.807, 2.05) is 13.8 Å². The van der Waals surface area contributed by atoms with Crippen LogP contribution in [0.3, 0.4) is 0 Å².